The van der Waals surface area contributed by atoms with E-state index in [0.717, 1.165) is 0 Å². The summed E-state index contributed by atoms with van der Waals surface area (Å²) >= 11 is 0. The molecular weight excluding hydrogens is 492 g/mol. The minimum absolute atomic E-state index is 0.0920. The number of carbonyl (C=O) groups is 2. The fourth-order valence-corrected chi connectivity index (χ4v) is 4.17. The number of hydrogen-bond acceptors (Lipinski definition) is 4. The van der Waals surface area contributed by atoms with Gasteiger partial charge >= 0.3 is 0 Å². The molecule has 2 aromatic carbocycles. The van der Waals surface area contributed by atoms with Crippen LogP contribution in [0.15, 0.2) is 60.7 Å². The van der Waals surface area contributed by atoms with Gasteiger partial charge in [0.2, 0.25) is 11.8 Å². The van der Waals surface area contributed by atoms with Gasteiger partial charge in [0.15, 0.2) is 11.9 Å². The van der Waals surface area contributed by atoms with Gasteiger partial charge in [-0.1, -0.05) is 36.4 Å². The molecule has 0 spiro atoms. The summed E-state index contributed by atoms with van der Waals surface area (Å²) in [7, 11) is 0. The van der Waals surface area contributed by atoms with E-state index in [4.69, 9.17) is 4.74 Å². The third-order valence-electron chi connectivity index (χ3n) is 5.87. The number of nitrogens with zero attached hydrogens (tertiary/aromatic N) is 2. The van der Waals surface area contributed by atoms with Crippen molar-refractivity contribution in [2.24, 2.45) is 5.92 Å². The van der Waals surface area contributed by atoms with Gasteiger partial charge in [0.25, 0.3) is 11.8 Å². The minimum atomic E-state index is -3.74. The summed E-state index contributed by atoms with van der Waals surface area (Å²) in [5.74, 6) is -8.29. The van der Waals surface area contributed by atoms with Crippen molar-refractivity contribution in [1.29, 1.82) is 0 Å². The number of alkyl halides is 4. The van der Waals surface area contributed by atoms with Gasteiger partial charge in [-0.2, -0.15) is 0 Å². The van der Waals surface area contributed by atoms with Crippen LogP contribution in [0.4, 0.5) is 23.4 Å². The lowest BCUT2D eigenvalue weighted by Gasteiger charge is -2.28. The number of para-hydroxylation sites is 1. The fourth-order valence-electron chi connectivity index (χ4n) is 4.17. The standard InChI is InChI=1S/C26H26F4N4O3/c1-25(27,28)24(26(2,29)30)37-15-16-7-6-8-17(11-16)20-13-21(32-23(36)18-12-22(35)31-14-18)33-34(20)19-9-4-3-5-10-19/h3-11,13,18,24H,12,14-15H2,1-2H3,(H,31,35)(H,32,33,36). The highest BCUT2D eigenvalue weighted by atomic mass is 19.3. The van der Waals surface area contributed by atoms with Crippen LogP contribution in [0.25, 0.3) is 16.9 Å². The zero-order valence-corrected chi connectivity index (χ0v) is 20.2. The van der Waals surface area contributed by atoms with Crippen LogP contribution in [0.5, 0.6) is 0 Å². The van der Waals surface area contributed by atoms with E-state index in [2.05, 4.69) is 15.7 Å². The summed E-state index contributed by atoms with van der Waals surface area (Å²) in [5, 5.41) is 9.86. The van der Waals surface area contributed by atoms with Crippen LogP contribution in [-0.2, 0) is 20.9 Å². The summed E-state index contributed by atoms with van der Waals surface area (Å²) in [6, 6.07) is 17.3. The van der Waals surface area contributed by atoms with Crippen LogP contribution in [0.3, 0.4) is 0 Å². The third-order valence-corrected chi connectivity index (χ3v) is 5.87. The maximum absolute atomic E-state index is 13.7. The summed E-state index contributed by atoms with van der Waals surface area (Å²) in [6.07, 6.45) is -2.49. The van der Waals surface area contributed by atoms with Crippen molar-refractivity contribution in [3.63, 3.8) is 0 Å². The van der Waals surface area contributed by atoms with Gasteiger partial charge < -0.3 is 15.4 Å². The number of nitrogens with one attached hydrogen (secondary N) is 2. The number of amides is 2. The Morgan fingerprint density at radius 3 is 2.43 bits per heavy atom. The normalized spacial score (nSPS) is 16.2. The Kier molecular flexibility index (Phi) is 7.35. The van der Waals surface area contributed by atoms with Crippen LogP contribution < -0.4 is 10.6 Å². The summed E-state index contributed by atoms with van der Waals surface area (Å²) in [5.41, 5.74) is 2.24. The van der Waals surface area contributed by atoms with E-state index in [1.165, 1.54) is 0 Å². The number of anilines is 1. The number of benzene rings is 2. The van der Waals surface area contributed by atoms with Crippen molar-refractivity contribution in [1.82, 2.24) is 15.1 Å². The molecule has 1 fully saturated rings. The third kappa shape index (κ3) is 6.34. The van der Waals surface area contributed by atoms with E-state index >= 15 is 0 Å². The Balaban J connectivity index is 1.62. The van der Waals surface area contributed by atoms with Gasteiger partial charge in [-0.15, -0.1) is 5.10 Å². The van der Waals surface area contributed by atoms with E-state index in [0.29, 0.717) is 36.4 Å². The topological polar surface area (TPSA) is 85.2 Å². The molecule has 2 heterocycles. The lowest BCUT2D eigenvalue weighted by atomic mass is 10.1. The van der Waals surface area contributed by atoms with Gasteiger partial charge in [0.1, 0.15) is 0 Å². The van der Waals surface area contributed by atoms with Crippen molar-refractivity contribution in [3.8, 4) is 16.9 Å². The van der Waals surface area contributed by atoms with E-state index < -0.39 is 30.5 Å². The van der Waals surface area contributed by atoms with Gasteiger partial charge in [0.05, 0.1) is 23.9 Å². The van der Waals surface area contributed by atoms with E-state index in [1.54, 1.807) is 35.0 Å². The predicted molar refractivity (Wildman–Crippen MR) is 129 cm³/mol. The molecule has 1 aliphatic rings. The molecule has 0 bridgehead atoms. The number of rotatable bonds is 9. The molecule has 7 nitrogen and oxygen atoms in total. The average molecular weight is 519 g/mol. The smallest absolute Gasteiger partial charge is 0.276 e. The lowest BCUT2D eigenvalue weighted by molar-refractivity contribution is -0.223. The van der Waals surface area contributed by atoms with Crippen LogP contribution in [0.1, 0.15) is 25.8 Å². The van der Waals surface area contributed by atoms with E-state index in [-0.39, 0.29) is 30.6 Å². The maximum Gasteiger partial charge on any atom is 0.276 e. The average Bonchev–Trinajstić information content (AvgIpc) is 3.45. The van der Waals surface area contributed by atoms with Gasteiger partial charge in [-0.3, -0.25) is 9.59 Å². The van der Waals surface area contributed by atoms with Gasteiger partial charge in [0, 0.05) is 38.4 Å². The summed E-state index contributed by atoms with van der Waals surface area (Å²) in [6.45, 7) is 0.583. The Morgan fingerprint density at radius 1 is 1.11 bits per heavy atom. The van der Waals surface area contributed by atoms with Crippen molar-refractivity contribution in [2.45, 2.75) is 44.8 Å². The minimum Gasteiger partial charge on any atom is -0.361 e. The quantitative estimate of drug-likeness (QED) is 0.398. The van der Waals surface area contributed by atoms with Gasteiger partial charge in [-0.25, -0.2) is 22.2 Å². The maximum atomic E-state index is 13.7. The second-order valence-electron chi connectivity index (χ2n) is 9.16. The lowest BCUT2D eigenvalue weighted by Crippen LogP contribution is -2.45. The van der Waals surface area contributed by atoms with E-state index in [9.17, 15) is 27.2 Å². The van der Waals surface area contributed by atoms with Crippen LogP contribution in [-0.4, -0.2) is 46.1 Å². The molecule has 1 atom stereocenters. The first-order valence-electron chi connectivity index (χ1n) is 11.6. The van der Waals surface area contributed by atoms with Crippen LogP contribution >= 0.6 is 0 Å². The molecule has 37 heavy (non-hydrogen) atoms. The molecule has 0 saturated carbocycles. The largest absolute Gasteiger partial charge is 0.361 e. The molecule has 1 unspecified atom stereocenters. The molecule has 0 radical (unpaired) electrons. The number of carbonyl (C=O) groups excluding carboxylic acids is 2. The van der Waals surface area contributed by atoms with Crippen molar-refractivity contribution in [2.75, 3.05) is 11.9 Å². The van der Waals surface area contributed by atoms with Crippen molar-refractivity contribution >= 4 is 17.6 Å². The molecule has 1 saturated heterocycles. The molecule has 196 valence electrons. The molecule has 2 amide bonds. The molecule has 1 aliphatic heterocycles. The predicted octanol–water partition coefficient (Wildman–Crippen LogP) is 4.81. The van der Waals surface area contributed by atoms with Crippen LogP contribution in [0, 0.1) is 5.92 Å². The first kappa shape index (κ1) is 26.3. The fraction of sp³-hybridized carbons (Fsp3) is 0.346. The van der Waals surface area contributed by atoms with Crippen molar-refractivity contribution < 1.29 is 31.9 Å². The van der Waals surface area contributed by atoms with E-state index in [1.807, 2.05) is 30.3 Å². The Bertz CT molecular complexity index is 1250. The molecular formula is C26H26F4N4O3. The van der Waals surface area contributed by atoms with Crippen LogP contribution in [0.2, 0.25) is 0 Å². The number of halogens is 4. The number of ether oxygens (including phenoxy) is 1. The summed E-state index contributed by atoms with van der Waals surface area (Å²) < 4.78 is 61.5. The Hall–Kier alpha value is -3.73. The first-order chi connectivity index (χ1) is 17.4. The molecule has 1 aromatic heterocycles. The monoisotopic (exact) mass is 518 g/mol. The second-order valence-corrected chi connectivity index (χ2v) is 9.16. The molecule has 2 N–H and O–H groups in total. The molecule has 11 heteroatoms. The highest BCUT2D eigenvalue weighted by molar-refractivity contribution is 5.97. The number of aromatic nitrogens is 2. The highest BCUT2D eigenvalue weighted by Gasteiger charge is 2.50. The highest BCUT2D eigenvalue weighted by Crippen LogP contribution is 2.34. The number of hydrogen-bond donors (Lipinski definition) is 2. The van der Waals surface area contributed by atoms with Crippen molar-refractivity contribution in [3.05, 3.63) is 66.2 Å². The Labute approximate surface area is 210 Å². The van der Waals surface area contributed by atoms with Gasteiger partial charge in [-0.05, 0) is 23.8 Å². The second kappa shape index (κ2) is 10.3. The zero-order chi connectivity index (χ0) is 26.8. The molecule has 0 aliphatic carbocycles. The SMILES string of the molecule is CC(F)(F)C(OCc1cccc(-c2cc(NC(=O)C3CNC(=O)C3)nn2-c2ccccc2)c1)C(C)(F)F. The first-order valence-corrected chi connectivity index (χ1v) is 11.6. The summed E-state index contributed by atoms with van der Waals surface area (Å²) in [4.78, 5) is 24.1. The Morgan fingerprint density at radius 2 is 1.81 bits per heavy atom. The molecule has 4 rings (SSSR count). The molecule has 3 aromatic rings. The zero-order valence-electron chi connectivity index (χ0n) is 20.2.